The quantitative estimate of drug-likeness (QED) is 0.361. The molecule has 2 N–H and O–H groups in total. The molecule has 3 aromatic rings. The molecule has 0 aliphatic rings. The van der Waals surface area contributed by atoms with Gasteiger partial charge in [0, 0.05) is 17.1 Å². The largest absolute Gasteiger partial charge is 0.353 e. The second kappa shape index (κ2) is 14.4. The van der Waals surface area contributed by atoms with Crippen molar-refractivity contribution in [2.75, 3.05) is 10.6 Å². The monoisotopic (exact) mass is 447 g/mol. The highest BCUT2D eigenvalue weighted by molar-refractivity contribution is 5.76. The Hall–Kier alpha value is -2.81. The van der Waals surface area contributed by atoms with E-state index in [2.05, 4.69) is 93.8 Å². The molecule has 33 heavy (non-hydrogen) atoms. The molecule has 1 unspecified atom stereocenters. The van der Waals surface area contributed by atoms with Crippen LogP contribution in [0.4, 0.5) is 22.9 Å². The van der Waals surface area contributed by atoms with E-state index in [0.29, 0.717) is 5.92 Å². The summed E-state index contributed by atoms with van der Waals surface area (Å²) in [6.45, 7) is 19.4. The lowest BCUT2D eigenvalue weighted by molar-refractivity contribution is 0.327. The molecule has 180 valence electrons. The lowest BCUT2D eigenvalue weighted by Gasteiger charge is -2.35. The van der Waals surface area contributed by atoms with Gasteiger partial charge in [0.15, 0.2) is 5.82 Å². The number of hydrogen-bond donors (Lipinski definition) is 2. The summed E-state index contributed by atoms with van der Waals surface area (Å²) in [6.07, 6.45) is 1.99. The number of aryl methyl sites for hydroxylation is 1. The summed E-state index contributed by atoms with van der Waals surface area (Å²) in [7, 11) is 0. The zero-order valence-electron chi connectivity index (χ0n) is 22.3. The molecule has 0 bridgehead atoms. The lowest BCUT2D eigenvalue weighted by atomic mass is 9.71. The molecule has 0 saturated carbocycles. The van der Waals surface area contributed by atoms with Crippen LogP contribution >= 0.6 is 0 Å². The summed E-state index contributed by atoms with van der Waals surface area (Å²) in [5.74, 6) is 1.40. The van der Waals surface area contributed by atoms with Crippen molar-refractivity contribution in [1.82, 2.24) is 4.98 Å². The maximum atomic E-state index is 4.90. The first-order valence-corrected chi connectivity index (χ1v) is 12.7. The molecule has 0 fully saturated rings. The van der Waals surface area contributed by atoms with Gasteiger partial charge in [0.05, 0.1) is 5.69 Å². The number of para-hydroxylation sites is 2. The van der Waals surface area contributed by atoms with Gasteiger partial charge in [-0.25, -0.2) is 4.98 Å². The molecule has 2 aromatic carbocycles. The Kier molecular flexibility index (Phi) is 12.3. The summed E-state index contributed by atoms with van der Waals surface area (Å²) in [4.78, 5) is 4.90. The van der Waals surface area contributed by atoms with Crippen LogP contribution in [0.2, 0.25) is 0 Å². The van der Waals surface area contributed by atoms with Crippen LogP contribution in [0.5, 0.6) is 0 Å². The minimum atomic E-state index is 0.0962. The van der Waals surface area contributed by atoms with Gasteiger partial charge in [-0.15, -0.1) is 0 Å². The Balaban J connectivity index is 0.00000129. The van der Waals surface area contributed by atoms with Gasteiger partial charge >= 0.3 is 0 Å². The molecule has 0 spiro atoms. The molecule has 3 nitrogen and oxygen atoms in total. The predicted molar refractivity (Wildman–Crippen MR) is 148 cm³/mol. The summed E-state index contributed by atoms with van der Waals surface area (Å²) in [5, 5.41) is 7.17. The number of nitrogens with one attached hydrogen (secondary N) is 2. The molecule has 3 heteroatoms. The Morgan fingerprint density at radius 3 is 1.94 bits per heavy atom. The van der Waals surface area contributed by atoms with E-state index in [-0.39, 0.29) is 5.41 Å². The standard InChI is InChI=1S/C26H33N3.2C2H6/c1-6-20-17-18-24(27-21-13-9-8-10-14-21)25(28-20)29-23-16-12-11-15-22(23)26(5,7-2)19(3)4;2*1-2/h8-19,27H,6-7H2,1-5H3,(H,28,29);2*1-2H3. The zero-order chi connectivity index (χ0) is 24.9. The Bertz CT molecular complexity index is 934. The Morgan fingerprint density at radius 1 is 0.758 bits per heavy atom. The molecule has 0 saturated heterocycles. The van der Waals surface area contributed by atoms with Gasteiger partial charge in [-0.2, -0.15) is 0 Å². The van der Waals surface area contributed by atoms with Gasteiger partial charge in [-0.3, -0.25) is 0 Å². The van der Waals surface area contributed by atoms with Crippen LogP contribution in [0.15, 0.2) is 66.7 Å². The highest BCUT2D eigenvalue weighted by Crippen LogP contribution is 2.40. The summed E-state index contributed by atoms with van der Waals surface area (Å²) >= 11 is 0. The van der Waals surface area contributed by atoms with E-state index < -0.39 is 0 Å². The van der Waals surface area contributed by atoms with Gasteiger partial charge in [0.25, 0.3) is 0 Å². The molecule has 1 heterocycles. The Labute approximate surface area is 203 Å². The zero-order valence-corrected chi connectivity index (χ0v) is 22.3. The van der Waals surface area contributed by atoms with Crippen molar-refractivity contribution < 1.29 is 0 Å². The van der Waals surface area contributed by atoms with E-state index in [0.717, 1.165) is 41.4 Å². The molecular formula is C30H45N3. The number of rotatable bonds is 8. The van der Waals surface area contributed by atoms with Crippen molar-refractivity contribution in [1.29, 1.82) is 0 Å². The van der Waals surface area contributed by atoms with E-state index in [4.69, 9.17) is 4.98 Å². The van der Waals surface area contributed by atoms with Crippen LogP contribution < -0.4 is 10.6 Å². The summed E-state index contributed by atoms with van der Waals surface area (Å²) in [6, 6.07) is 23.1. The normalized spacial score (nSPS) is 11.9. The lowest BCUT2D eigenvalue weighted by Crippen LogP contribution is -2.28. The maximum Gasteiger partial charge on any atom is 0.154 e. The first kappa shape index (κ1) is 28.2. The molecule has 0 aliphatic heterocycles. The van der Waals surface area contributed by atoms with Crippen LogP contribution in [0, 0.1) is 5.92 Å². The van der Waals surface area contributed by atoms with Crippen LogP contribution in [-0.2, 0) is 11.8 Å². The fourth-order valence-corrected chi connectivity index (χ4v) is 3.70. The number of pyridine rings is 1. The van der Waals surface area contributed by atoms with Gasteiger partial charge in [0.1, 0.15) is 0 Å². The van der Waals surface area contributed by atoms with Gasteiger partial charge < -0.3 is 10.6 Å². The predicted octanol–water partition coefficient (Wildman–Crippen LogP) is 9.51. The van der Waals surface area contributed by atoms with E-state index in [1.54, 1.807) is 0 Å². The topological polar surface area (TPSA) is 37.0 Å². The van der Waals surface area contributed by atoms with Crippen molar-refractivity contribution in [3.8, 4) is 0 Å². The third-order valence-electron chi connectivity index (χ3n) is 6.17. The first-order chi connectivity index (χ1) is 16.0. The molecule has 0 radical (unpaired) electrons. The van der Waals surface area contributed by atoms with E-state index >= 15 is 0 Å². The fraction of sp³-hybridized carbons (Fsp3) is 0.433. The smallest absolute Gasteiger partial charge is 0.154 e. The highest BCUT2D eigenvalue weighted by Gasteiger charge is 2.30. The molecule has 0 amide bonds. The number of hydrogen-bond acceptors (Lipinski definition) is 3. The third kappa shape index (κ3) is 7.35. The minimum Gasteiger partial charge on any atom is -0.353 e. The van der Waals surface area contributed by atoms with Crippen LogP contribution in [-0.4, -0.2) is 4.98 Å². The molecule has 1 aromatic heterocycles. The van der Waals surface area contributed by atoms with E-state index in [1.165, 1.54) is 5.56 Å². The number of nitrogens with zero attached hydrogens (tertiary/aromatic N) is 1. The average molecular weight is 448 g/mol. The van der Waals surface area contributed by atoms with Crippen LogP contribution in [0.3, 0.4) is 0 Å². The van der Waals surface area contributed by atoms with Crippen molar-refractivity contribution >= 4 is 22.9 Å². The molecule has 1 atom stereocenters. The van der Waals surface area contributed by atoms with E-state index in [1.807, 2.05) is 45.9 Å². The number of aromatic nitrogens is 1. The second-order valence-electron chi connectivity index (χ2n) is 8.14. The minimum absolute atomic E-state index is 0.0962. The van der Waals surface area contributed by atoms with Crippen LogP contribution in [0.25, 0.3) is 0 Å². The van der Waals surface area contributed by atoms with Crippen LogP contribution in [0.1, 0.15) is 80.0 Å². The van der Waals surface area contributed by atoms with Gasteiger partial charge in [-0.05, 0) is 60.1 Å². The van der Waals surface area contributed by atoms with Crippen molar-refractivity contribution in [2.45, 2.75) is 80.6 Å². The number of anilines is 4. The molecule has 3 rings (SSSR count). The number of benzene rings is 2. The van der Waals surface area contributed by atoms with Gasteiger partial charge in [-0.1, -0.05) is 98.7 Å². The SMILES string of the molecule is CC.CC.CCc1ccc(Nc2ccccc2)c(Nc2ccccc2C(C)(CC)C(C)C)n1. The third-order valence-corrected chi connectivity index (χ3v) is 6.17. The molecule has 0 aliphatic carbocycles. The van der Waals surface area contributed by atoms with Gasteiger partial charge in [0.2, 0.25) is 0 Å². The molecular weight excluding hydrogens is 402 g/mol. The maximum absolute atomic E-state index is 4.90. The van der Waals surface area contributed by atoms with E-state index in [9.17, 15) is 0 Å². The van der Waals surface area contributed by atoms with Crippen molar-refractivity contribution in [2.24, 2.45) is 5.92 Å². The van der Waals surface area contributed by atoms with Crippen molar-refractivity contribution in [3.05, 3.63) is 78.0 Å². The Morgan fingerprint density at radius 2 is 1.36 bits per heavy atom. The highest BCUT2D eigenvalue weighted by atomic mass is 15.0. The van der Waals surface area contributed by atoms with Crippen molar-refractivity contribution in [3.63, 3.8) is 0 Å². The summed E-state index contributed by atoms with van der Waals surface area (Å²) in [5.41, 5.74) is 5.67. The second-order valence-corrected chi connectivity index (χ2v) is 8.14. The first-order valence-electron chi connectivity index (χ1n) is 12.7. The average Bonchev–Trinajstić information content (AvgIpc) is 2.88. The summed E-state index contributed by atoms with van der Waals surface area (Å²) < 4.78 is 0. The fourth-order valence-electron chi connectivity index (χ4n) is 3.70.